The zero-order chi connectivity index (χ0) is 15.1. The molecule has 1 aromatic rings. The number of rotatable bonds is 4. The van der Waals surface area contributed by atoms with Crippen LogP contribution in [0.1, 0.15) is 25.3 Å². The highest BCUT2D eigenvalue weighted by Crippen LogP contribution is 2.23. The molecule has 1 fully saturated rings. The van der Waals surface area contributed by atoms with E-state index >= 15 is 0 Å². The Labute approximate surface area is 136 Å². The second kappa shape index (κ2) is 8.39. The summed E-state index contributed by atoms with van der Waals surface area (Å²) in [7, 11) is 0. The number of ether oxygens (including phenoxy) is 1. The van der Waals surface area contributed by atoms with Crippen LogP contribution in [0.2, 0.25) is 0 Å². The van der Waals surface area contributed by atoms with Crippen molar-refractivity contribution in [2.45, 2.75) is 25.5 Å². The van der Waals surface area contributed by atoms with Crippen LogP contribution in [0.4, 0.5) is 0 Å². The Morgan fingerprint density at radius 3 is 2.62 bits per heavy atom. The van der Waals surface area contributed by atoms with Gasteiger partial charge in [-0.05, 0) is 25.3 Å². The molecule has 0 unspecified atom stereocenters. The maximum Gasteiger partial charge on any atom is 0.309 e. The van der Waals surface area contributed by atoms with Crippen molar-refractivity contribution < 1.29 is 9.53 Å². The average Bonchev–Trinajstić information content (AvgIpc) is 2.54. The quantitative estimate of drug-likeness (QED) is 0.625. The number of hydrogen-bond acceptors (Lipinski definition) is 4. The summed E-state index contributed by atoms with van der Waals surface area (Å²) in [6.07, 6.45) is 1.68. The first-order chi connectivity index (χ1) is 10.2. The van der Waals surface area contributed by atoms with Gasteiger partial charge in [-0.3, -0.25) is 4.79 Å². The first kappa shape index (κ1) is 16.3. The number of benzene rings is 1. The summed E-state index contributed by atoms with van der Waals surface area (Å²) >= 11 is 7.20. The van der Waals surface area contributed by atoms with Crippen molar-refractivity contribution in [2.24, 2.45) is 5.92 Å². The Morgan fingerprint density at radius 2 is 2.00 bits per heavy atom. The third-order valence-corrected chi connectivity index (χ3v) is 5.17. The lowest BCUT2D eigenvalue weighted by molar-refractivity contribution is -0.149. The SMILES string of the molecule is CCOC(=O)C1CCN(C(=S)SCc2ccccc2)CC1. The largest absolute Gasteiger partial charge is 0.466 e. The maximum absolute atomic E-state index is 11.7. The second-order valence-corrected chi connectivity index (χ2v) is 6.66. The molecule has 1 saturated heterocycles. The number of hydrogen-bond donors (Lipinski definition) is 0. The third-order valence-electron chi connectivity index (χ3n) is 3.58. The summed E-state index contributed by atoms with van der Waals surface area (Å²) in [5.41, 5.74) is 1.28. The van der Waals surface area contributed by atoms with Crippen LogP contribution in [0.5, 0.6) is 0 Å². The smallest absolute Gasteiger partial charge is 0.309 e. The fourth-order valence-corrected chi connectivity index (χ4v) is 3.58. The Balaban J connectivity index is 1.74. The molecular weight excluding hydrogens is 302 g/mol. The summed E-state index contributed by atoms with van der Waals surface area (Å²) in [6.45, 7) is 4.01. The van der Waals surface area contributed by atoms with Crippen molar-refractivity contribution in [3.8, 4) is 0 Å². The van der Waals surface area contributed by atoms with E-state index < -0.39 is 0 Å². The van der Waals surface area contributed by atoms with E-state index in [0.717, 1.165) is 36.0 Å². The molecule has 0 bridgehead atoms. The predicted octanol–water partition coefficient (Wildman–Crippen LogP) is 3.48. The van der Waals surface area contributed by atoms with Crippen molar-refractivity contribution in [3.05, 3.63) is 35.9 Å². The molecule has 1 heterocycles. The van der Waals surface area contributed by atoms with Gasteiger partial charge in [0, 0.05) is 18.8 Å². The number of esters is 1. The van der Waals surface area contributed by atoms with E-state index in [9.17, 15) is 4.79 Å². The number of carbonyl (C=O) groups is 1. The van der Waals surface area contributed by atoms with Crippen molar-refractivity contribution in [1.82, 2.24) is 4.90 Å². The van der Waals surface area contributed by atoms with Gasteiger partial charge in [-0.2, -0.15) is 0 Å². The standard InChI is InChI=1S/C16H21NO2S2/c1-2-19-15(18)14-8-10-17(11-9-14)16(20)21-12-13-6-4-3-5-7-13/h3-7,14H,2,8-12H2,1H3. The first-order valence-corrected chi connectivity index (χ1v) is 8.72. The minimum Gasteiger partial charge on any atom is -0.466 e. The fraction of sp³-hybridized carbons (Fsp3) is 0.500. The van der Waals surface area contributed by atoms with Gasteiger partial charge in [-0.25, -0.2) is 0 Å². The van der Waals surface area contributed by atoms with E-state index in [-0.39, 0.29) is 11.9 Å². The maximum atomic E-state index is 11.7. The Kier molecular flexibility index (Phi) is 6.51. The van der Waals surface area contributed by atoms with Crippen LogP contribution in [-0.2, 0) is 15.3 Å². The van der Waals surface area contributed by atoms with E-state index in [0.29, 0.717) is 6.61 Å². The third kappa shape index (κ3) is 5.00. The number of thioether (sulfide) groups is 1. The van der Waals surface area contributed by atoms with Gasteiger partial charge in [-0.1, -0.05) is 54.3 Å². The highest BCUT2D eigenvalue weighted by molar-refractivity contribution is 8.22. The molecule has 0 amide bonds. The van der Waals surface area contributed by atoms with Gasteiger partial charge in [0.25, 0.3) is 0 Å². The number of likely N-dealkylation sites (tertiary alicyclic amines) is 1. The summed E-state index contributed by atoms with van der Waals surface area (Å²) < 4.78 is 6.02. The molecule has 114 valence electrons. The van der Waals surface area contributed by atoms with Crippen LogP contribution in [0.3, 0.4) is 0 Å². The van der Waals surface area contributed by atoms with Crippen molar-refractivity contribution in [1.29, 1.82) is 0 Å². The zero-order valence-electron chi connectivity index (χ0n) is 12.3. The van der Waals surface area contributed by atoms with E-state index in [1.165, 1.54) is 5.56 Å². The molecule has 1 aromatic carbocycles. The lowest BCUT2D eigenvalue weighted by atomic mass is 9.97. The van der Waals surface area contributed by atoms with E-state index in [1.807, 2.05) is 25.1 Å². The minimum atomic E-state index is -0.0555. The van der Waals surface area contributed by atoms with Crippen LogP contribution >= 0.6 is 24.0 Å². The summed E-state index contributed by atoms with van der Waals surface area (Å²) in [6, 6.07) is 10.3. The normalized spacial score (nSPS) is 15.8. The second-order valence-electron chi connectivity index (χ2n) is 5.05. The van der Waals surface area contributed by atoms with Gasteiger partial charge in [0.05, 0.1) is 12.5 Å². The molecule has 0 N–H and O–H groups in total. The van der Waals surface area contributed by atoms with Gasteiger partial charge in [-0.15, -0.1) is 0 Å². The van der Waals surface area contributed by atoms with Gasteiger partial charge < -0.3 is 9.64 Å². The Bertz CT molecular complexity index is 470. The molecule has 0 saturated carbocycles. The number of piperidine rings is 1. The molecule has 3 nitrogen and oxygen atoms in total. The van der Waals surface area contributed by atoms with E-state index in [1.54, 1.807) is 11.8 Å². The van der Waals surface area contributed by atoms with Crippen LogP contribution < -0.4 is 0 Å². The monoisotopic (exact) mass is 323 g/mol. The van der Waals surface area contributed by atoms with Gasteiger partial charge in [0.2, 0.25) is 0 Å². The summed E-state index contributed by atoms with van der Waals surface area (Å²) in [5, 5.41) is 0. The number of nitrogens with zero attached hydrogens (tertiary/aromatic N) is 1. The van der Waals surface area contributed by atoms with Crippen molar-refractivity contribution in [3.63, 3.8) is 0 Å². The van der Waals surface area contributed by atoms with Gasteiger partial charge in [0.15, 0.2) is 0 Å². The predicted molar refractivity (Wildman–Crippen MR) is 91.3 cm³/mol. The molecule has 5 heteroatoms. The van der Waals surface area contributed by atoms with Gasteiger partial charge >= 0.3 is 5.97 Å². The molecule has 1 aliphatic heterocycles. The van der Waals surface area contributed by atoms with Crippen LogP contribution in [0.25, 0.3) is 0 Å². The summed E-state index contributed by atoms with van der Waals surface area (Å²) in [5.74, 6) is 0.889. The Hall–Kier alpha value is -1.07. The minimum absolute atomic E-state index is 0.0446. The highest BCUT2D eigenvalue weighted by atomic mass is 32.2. The molecule has 0 atom stereocenters. The van der Waals surface area contributed by atoms with E-state index in [4.69, 9.17) is 17.0 Å². The highest BCUT2D eigenvalue weighted by Gasteiger charge is 2.26. The first-order valence-electron chi connectivity index (χ1n) is 7.33. The van der Waals surface area contributed by atoms with Crippen LogP contribution in [0, 0.1) is 5.92 Å². The lowest BCUT2D eigenvalue weighted by Crippen LogP contribution is -2.38. The van der Waals surface area contributed by atoms with Crippen molar-refractivity contribution in [2.75, 3.05) is 19.7 Å². The molecule has 0 aliphatic carbocycles. The lowest BCUT2D eigenvalue weighted by Gasteiger charge is -2.32. The van der Waals surface area contributed by atoms with Crippen LogP contribution in [0.15, 0.2) is 30.3 Å². The summed E-state index contributed by atoms with van der Waals surface area (Å²) in [4.78, 5) is 13.9. The van der Waals surface area contributed by atoms with Gasteiger partial charge in [0.1, 0.15) is 4.32 Å². The zero-order valence-corrected chi connectivity index (χ0v) is 13.9. The topological polar surface area (TPSA) is 29.5 Å². The fourth-order valence-electron chi connectivity index (χ4n) is 2.37. The molecule has 2 rings (SSSR count). The molecular formula is C16H21NO2S2. The van der Waals surface area contributed by atoms with Crippen molar-refractivity contribution >= 4 is 34.3 Å². The molecule has 0 radical (unpaired) electrons. The molecule has 0 aromatic heterocycles. The number of thiocarbonyl (C=S) groups is 1. The molecule has 0 spiro atoms. The molecule has 1 aliphatic rings. The molecule has 21 heavy (non-hydrogen) atoms. The average molecular weight is 323 g/mol. The Morgan fingerprint density at radius 1 is 1.33 bits per heavy atom. The van der Waals surface area contributed by atoms with Crippen LogP contribution in [-0.4, -0.2) is 34.9 Å². The number of carbonyl (C=O) groups excluding carboxylic acids is 1. The van der Waals surface area contributed by atoms with E-state index in [2.05, 4.69) is 17.0 Å².